The van der Waals surface area contributed by atoms with Crippen LogP contribution in [0, 0.1) is 6.92 Å². The zero-order valence-electron chi connectivity index (χ0n) is 10.8. The molecular weight excluding hydrogens is 246 g/mol. The minimum absolute atomic E-state index is 1.02. The van der Waals surface area contributed by atoms with E-state index in [1.165, 1.54) is 22.0 Å². The summed E-state index contributed by atoms with van der Waals surface area (Å²) in [7, 11) is 5.31. The van der Waals surface area contributed by atoms with E-state index in [1.54, 1.807) is 0 Å². The lowest BCUT2D eigenvalue weighted by Crippen LogP contribution is -2.01. The average Bonchev–Trinajstić information content (AvgIpc) is 2.71. The van der Waals surface area contributed by atoms with E-state index in [2.05, 4.69) is 59.5 Å². The minimum atomic E-state index is 1.02. The summed E-state index contributed by atoms with van der Waals surface area (Å²) in [5, 5.41) is 1.35. The molecule has 0 aliphatic carbocycles. The lowest BCUT2D eigenvalue weighted by molar-refractivity contribution is 0.728. The van der Waals surface area contributed by atoms with Crippen LogP contribution in [-0.2, 0) is 6.42 Å². The molecule has 4 heteroatoms. The summed E-state index contributed by atoms with van der Waals surface area (Å²) in [5.74, 6) is 0. The van der Waals surface area contributed by atoms with E-state index in [4.69, 9.17) is 0 Å². The highest BCUT2D eigenvalue weighted by Gasteiger charge is 2.03. The SMILES string of the molecule is CC.Cc1ccc2[nH]cc(CCN(P)P)c2c1. The van der Waals surface area contributed by atoms with Crippen molar-refractivity contribution in [3.05, 3.63) is 35.5 Å². The maximum atomic E-state index is 3.31. The average molecular weight is 268 g/mol. The Kier molecular flexibility index (Phi) is 6.12. The molecule has 1 aromatic heterocycles. The molecule has 0 saturated carbocycles. The summed E-state index contributed by atoms with van der Waals surface area (Å²) < 4.78 is 2.05. The largest absolute Gasteiger partial charge is 0.361 e. The molecule has 1 aromatic carbocycles. The Morgan fingerprint density at radius 2 is 1.94 bits per heavy atom. The van der Waals surface area contributed by atoms with Crippen molar-refractivity contribution in [3.8, 4) is 0 Å². The summed E-state index contributed by atoms with van der Waals surface area (Å²) >= 11 is 0. The number of H-pyrrole nitrogens is 1. The van der Waals surface area contributed by atoms with Gasteiger partial charge in [0.1, 0.15) is 0 Å². The van der Waals surface area contributed by atoms with E-state index in [9.17, 15) is 0 Å². The third-order valence-corrected chi connectivity index (χ3v) is 3.08. The van der Waals surface area contributed by atoms with Gasteiger partial charge in [0, 0.05) is 23.6 Å². The molecule has 0 fully saturated rings. The molecule has 2 aromatic rings. The van der Waals surface area contributed by atoms with Crippen LogP contribution in [0.25, 0.3) is 10.9 Å². The van der Waals surface area contributed by atoms with Gasteiger partial charge in [0.05, 0.1) is 0 Å². The molecule has 0 saturated heterocycles. The van der Waals surface area contributed by atoms with Gasteiger partial charge in [-0.2, -0.15) is 0 Å². The third-order valence-electron chi connectivity index (χ3n) is 2.56. The Bertz CT molecular complexity index is 463. The number of nitrogens with one attached hydrogen (secondary N) is 1. The van der Waals surface area contributed by atoms with Gasteiger partial charge in [-0.3, -0.25) is 4.44 Å². The zero-order chi connectivity index (χ0) is 12.8. The fourth-order valence-corrected chi connectivity index (χ4v) is 2.01. The highest BCUT2D eigenvalue weighted by Crippen LogP contribution is 2.21. The van der Waals surface area contributed by atoms with Gasteiger partial charge in [-0.25, -0.2) is 0 Å². The maximum absolute atomic E-state index is 3.31. The van der Waals surface area contributed by atoms with Gasteiger partial charge in [0.15, 0.2) is 0 Å². The molecule has 17 heavy (non-hydrogen) atoms. The maximum Gasteiger partial charge on any atom is 0.0456 e. The molecule has 0 aliphatic rings. The van der Waals surface area contributed by atoms with Gasteiger partial charge < -0.3 is 4.98 Å². The van der Waals surface area contributed by atoms with Crippen molar-refractivity contribution in [1.29, 1.82) is 0 Å². The van der Waals surface area contributed by atoms with Gasteiger partial charge in [0.2, 0.25) is 0 Å². The van der Waals surface area contributed by atoms with Gasteiger partial charge in [-0.1, -0.05) is 44.3 Å². The summed E-state index contributed by atoms with van der Waals surface area (Å²) in [4.78, 5) is 3.31. The number of benzene rings is 1. The number of rotatable bonds is 3. The van der Waals surface area contributed by atoms with Gasteiger partial charge >= 0.3 is 0 Å². The molecule has 2 rings (SSSR count). The molecule has 0 radical (unpaired) electrons. The van der Waals surface area contributed by atoms with Crippen molar-refractivity contribution in [2.45, 2.75) is 27.2 Å². The fourth-order valence-electron chi connectivity index (χ4n) is 1.75. The molecule has 0 bridgehead atoms. The van der Waals surface area contributed by atoms with E-state index < -0.39 is 0 Å². The van der Waals surface area contributed by atoms with Gasteiger partial charge in [-0.15, -0.1) is 0 Å². The Hall–Kier alpha value is -0.420. The van der Waals surface area contributed by atoms with E-state index in [0.717, 1.165) is 13.0 Å². The molecule has 1 N–H and O–H groups in total. The van der Waals surface area contributed by atoms with Crippen LogP contribution in [0.4, 0.5) is 0 Å². The van der Waals surface area contributed by atoms with E-state index in [1.807, 2.05) is 13.8 Å². The Morgan fingerprint density at radius 1 is 1.24 bits per heavy atom. The van der Waals surface area contributed by atoms with Crippen molar-refractivity contribution in [2.75, 3.05) is 6.54 Å². The number of aryl methyl sites for hydroxylation is 1. The Labute approximate surface area is 109 Å². The molecular formula is C13H22N2P2. The van der Waals surface area contributed by atoms with E-state index >= 15 is 0 Å². The summed E-state index contributed by atoms with van der Waals surface area (Å²) in [6.07, 6.45) is 3.18. The van der Waals surface area contributed by atoms with Crippen LogP contribution in [0.3, 0.4) is 0 Å². The third kappa shape index (κ3) is 4.07. The molecule has 2 nitrogen and oxygen atoms in total. The second-order valence-corrected chi connectivity index (χ2v) is 5.77. The number of nitrogens with zero attached hydrogens (tertiary/aromatic N) is 1. The molecule has 2 atom stereocenters. The number of hydrogen-bond acceptors (Lipinski definition) is 1. The highest BCUT2D eigenvalue weighted by molar-refractivity contribution is 7.30. The van der Waals surface area contributed by atoms with Crippen molar-refractivity contribution in [1.82, 2.24) is 9.42 Å². The van der Waals surface area contributed by atoms with E-state index in [0.29, 0.717) is 0 Å². The second kappa shape index (κ2) is 7.11. The van der Waals surface area contributed by atoms with Crippen molar-refractivity contribution in [2.24, 2.45) is 0 Å². The van der Waals surface area contributed by atoms with Crippen molar-refractivity contribution in [3.63, 3.8) is 0 Å². The Balaban J connectivity index is 0.000000686. The first-order valence-electron chi connectivity index (χ1n) is 6.00. The van der Waals surface area contributed by atoms with Crippen LogP contribution >= 0.6 is 18.8 Å². The monoisotopic (exact) mass is 268 g/mol. The van der Waals surface area contributed by atoms with E-state index in [-0.39, 0.29) is 0 Å². The number of hydrogen-bond donors (Lipinski definition) is 1. The molecule has 94 valence electrons. The Morgan fingerprint density at radius 3 is 2.59 bits per heavy atom. The van der Waals surface area contributed by atoms with Gasteiger partial charge in [-0.05, 0) is 31.0 Å². The predicted octanol–water partition coefficient (Wildman–Crippen LogP) is 3.93. The molecule has 0 spiro atoms. The number of aromatic amines is 1. The lowest BCUT2D eigenvalue weighted by atomic mass is 10.1. The summed E-state index contributed by atoms with van der Waals surface area (Å²) in [6.45, 7) is 7.16. The van der Waals surface area contributed by atoms with Crippen molar-refractivity contribution < 1.29 is 0 Å². The molecule has 0 amide bonds. The fraction of sp³-hybridized carbons (Fsp3) is 0.385. The predicted molar refractivity (Wildman–Crippen MR) is 84.2 cm³/mol. The van der Waals surface area contributed by atoms with Crippen LogP contribution < -0.4 is 0 Å². The number of fused-ring (bicyclic) bond motifs is 1. The second-order valence-electron chi connectivity index (χ2n) is 3.85. The quantitative estimate of drug-likeness (QED) is 0.836. The normalized spacial score (nSPS) is 10.5. The van der Waals surface area contributed by atoms with Crippen LogP contribution in [0.2, 0.25) is 0 Å². The topological polar surface area (TPSA) is 19.0 Å². The zero-order valence-corrected chi connectivity index (χ0v) is 13.1. The van der Waals surface area contributed by atoms with Crippen LogP contribution in [0.1, 0.15) is 25.0 Å². The first-order valence-corrected chi connectivity index (χ1v) is 7.03. The number of aromatic nitrogens is 1. The lowest BCUT2D eigenvalue weighted by Gasteiger charge is -2.07. The summed E-state index contributed by atoms with van der Waals surface area (Å²) in [5.41, 5.74) is 3.94. The van der Waals surface area contributed by atoms with Crippen molar-refractivity contribution >= 4 is 29.7 Å². The van der Waals surface area contributed by atoms with Crippen LogP contribution in [0.5, 0.6) is 0 Å². The summed E-state index contributed by atoms with van der Waals surface area (Å²) in [6, 6.07) is 6.53. The first-order chi connectivity index (χ1) is 8.16. The smallest absolute Gasteiger partial charge is 0.0456 e. The molecule has 1 heterocycles. The van der Waals surface area contributed by atoms with Gasteiger partial charge in [0.25, 0.3) is 0 Å². The first kappa shape index (κ1) is 14.6. The molecule has 2 unspecified atom stereocenters. The van der Waals surface area contributed by atoms with Crippen LogP contribution in [0.15, 0.2) is 24.4 Å². The standard InChI is InChI=1S/C11H16N2P2.C2H6/c1-8-2-3-11-10(6-8)9(7-12-11)4-5-13(14)15;1-2/h2-3,6-7,12H,4-5,14-15H2,1H3;1-2H3. The minimum Gasteiger partial charge on any atom is -0.361 e. The molecule has 0 aliphatic heterocycles. The highest BCUT2D eigenvalue weighted by atomic mass is 31.1. The van der Waals surface area contributed by atoms with Crippen LogP contribution in [-0.4, -0.2) is 16.0 Å².